The van der Waals surface area contributed by atoms with E-state index in [1.54, 1.807) is 11.8 Å². The molecule has 0 aromatic carbocycles. The van der Waals surface area contributed by atoms with Crippen molar-refractivity contribution >= 4 is 11.9 Å². The molecule has 2 unspecified atom stereocenters. The standard InChI is InChI=1S/C12H22N2O3/c1-3-4-13-11-5-10(6-12(16)17)7-14(8-11)9(2)15/h10-11,13H,3-8H2,1-2H3,(H,16,17). The Morgan fingerprint density at radius 3 is 2.65 bits per heavy atom. The molecule has 98 valence electrons. The Balaban J connectivity index is 2.55. The summed E-state index contributed by atoms with van der Waals surface area (Å²) >= 11 is 0. The number of nitrogens with zero attached hydrogens (tertiary/aromatic N) is 1. The Morgan fingerprint density at radius 1 is 1.41 bits per heavy atom. The lowest BCUT2D eigenvalue weighted by atomic mass is 9.91. The van der Waals surface area contributed by atoms with Gasteiger partial charge in [0, 0.05) is 32.5 Å². The minimum atomic E-state index is -0.783. The highest BCUT2D eigenvalue weighted by Crippen LogP contribution is 2.20. The second-order valence-corrected chi connectivity index (χ2v) is 4.77. The van der Waals surface area contributed by atoms with Crippen LogP contribution in [0.1, 0.15) is 33.1 Å². The molecule has 0 radical (unpaired) electrons. The van der Waals surface area contributed by atoms with Gasteiger partial charge in [-0.1, -0.05) is 6.92 Å². The van der Waals surface area contributed by atoms with Crippen LogP contribution in [0, 0.1) is 5.92 Å². The molecule has 2 atom stereocenters. The van der Waals surface area contributed by atoms with Gasteiger partial charge in [0.25, 0.3) is 0 Å². The van der Waals surface area contributed by atoms with Crippen LogP contribution in [0.3, 0.4) is 0 Å². The average Bonchev–Trinajstić information content (AvgIpc) is 2.25. The fraction of sp³-hybridized carbons (Fsp3) is 0.833. The Labute approximate surface area is 102 Å². The zero-order chi connectivity index (χ0) is 12.8. The van der Waals surface area contributed by atoms with Crippen LogP contribution in [0.2, 0.25) is 0 Å². The van der Waals surface area contributed by atoms with Gasteiger partial charge in [-0.25, -0.2) is 0 Å². The van der Waals surface area contributed by atoms with Crippen LogP contribution in [0.25, 0.3) is 0 Å². The second-order valence-electron chi connectivity index (χ2n) is 4.77. The van der Waals surface area contributed by atoms with E-state index < -0.39 is 5.97 Å². The third-order valence-electron chi connectivity index (χ3n) is 3.13. The van der Waals surface area contributed by atoms with Crippen LogP contribution < -0.4 is 5.32 Å². The predicted molar refractivity (Wildman–Crippen MR) is 64.7 cm³/mol. The summed E-state index contributed by atoms with van der Waals surface area (Å²) in [6, 6.07) is 0.233. The molecule has 0 aromatic rings. The molecule has 1 aliphatic heterocycles. The first-order chi connectivity index (χ1) is 8.02. The lowest BCUT2D eigenvalue weighted by molar-refractivity contribution is -0.140. The minimum Gasteiger partial charge on any atom is -0.481 e. The summed E-state index contributed by atoms with van der Waals surface area (Å²) in [5.41, 5.74) is 0. The molecular weight excluding hydrogens is 220 g/mol. The van der Waals surface area contributed by atoms with E-state index in [2.05, 4.69) is 12.2 Å². The average molecular weight is 242 g/mol. The fourth-order valence-corrected chi connectivity index (χ4v) is 2.35. The summed E-state index contributed by atoms with van der Waals surface area (Å²) in [5, 5.41) is 12.2. The molecule has 1 amide bonds. The molecule has 1 saturated heterocycles. The summed E-state index contributed by atoms with van der Waals surface area (Å²) in [6.45, 7) is 5.82. The van der Waals surface area contributed by atoms with Crippen LogP contribution in [0.5, 0.6) is 0 Å². The largest absolute Gasteiger partial charge is 0.481 e. The monoisotopic (exact) mass is 242 g/mol. The van der Waals surface area contributed by atoms with Gasteiger partial charge < -0.3 is 15.3 Å². The van der Waals surface area contributed by atoms with Crippen molar-refractivity contribution in [2.75, 3.05) is 19.6 Å². The van der Waals surface area contributed by atoms with E-state index in [1.807, 2.05) is 0 Å². The molecule has 5 heteroatoms. The van der Waals surface area contributed by atoms with Crippen LogP contribution in [0.4, 0.5) is 0 Å². The Hall–Kier alpha value is -1.10. The molecule has 1 heterocycles. The van der Waals surface area contributed by atoms with Crippen molar-refractivity contribution in [1.29, 1.82) is 0 Å². The van der Waals surface area contributed by atoms with E-state index in [-0.39, 0.29) is 24.3 Å². The van der Waals surface area contributed by atoms with E-state index in [0.717, 1.165) is 19.4 Å². The molecule has 0 bridgehead atoms. The van der Waals surface area contributed by atoms with E-state index >= 15 is 0 Å². The molecule has 5 nitrogen and oxygen atoms in total. The molecule has 1 fully saturated rings. The lowest BCUT2D eigenvalue weighted by Gasteiger charge is -2.37. The molecule has 0 aromatic heterocycles. The van der Waals surface area contributed by atoms with Crippen molar-refractivity contribution in [3.05, 3.63) is 0 Å². The number of hydrogen-bond acceptors (Lipinski definition) is 3. The van der Waals surface area contributed by atoms with Gasteiger partial charge in [0.05, 0.1) is 0 Å². The number of hydrogen-bond donors (Lipinski definition) is 2. The topological polar surface area (TPSA) is 69.6 Å². The zero-order valence-electron chi connectivity index (χ0n) is 10.6. The smallest absolute Gasteiger partial charge is 0.303 e. The number of carbonyl (C=O) groups is 2. The molecule has 1 aliphatic rings. The fourth-order valence-electron chi connectivity index (χ4n) is 2.35. The van der Waals surface area contributed by atoms with Crippen molar-refractivity contribution in [2.45, 2.75) is 39.2 Å². The van der Waals surface area contributed by atoms with Crippen LogP contribution >= 0.6 is 0 Å². The SMILES string of the molecule is CCCNC1CC(CC(=O)O)CN(C(C)=O)C1. The summed E-state index contributed by atoms with van der Waals surface area (Å²) in [4.78, 5) is 23.9. The number of rotatable bonds is 5. The molecule has 0 spiro atoms. The van der Waals surface area contributed by atoms with Gasteiger partial charge >= 0.3 is 5.97 Å². The maximum Gasteiger partial charge on any atom is 0.303 e. The van der Waals surface area contributed by atoms with Crippen molar-refractivity contribution in [2.24, 2.45) is 5.92 Å². The van der Waals surface area contributed by atoms with Crippen molar-refractivity contribution < 1.29 is 14.7 Å². The molecule has 17 heavy (non-hydrogen) atoms. The summed E-state index contributed by atoms with van der Waals surface area (Å²) < 4.78 is 0. The second kappa shape index (κ2) is 6.59. The highest BCUT2D eigenvalue weighted by atomic mass is 16.4. The van der Waals surface area contributed by atoms with Crippen LogP contribution in [-0.4, -0.2) is 47.6 Å². The number of aliphatic carboxylic acids is 1. The molecule has 0 saturated carbocycles. The van der Waals surface area contributed by atoms with Crippen molar-refractivity contribution in [3.8, 4) is 0 Å². The third kappa shape index (κ3) is 4.73. The first kappa shape index (κ1) is 14.0. The maximum absolute atomic E-state index is 11.4. The van der Waals surface area contributed by atoms with Gasteiger partial charge in [-0.2, -0.15) is 0 Å². The lowest BCUT2D eigenvalue weighted by Crippen LogP contribution is -2.51. The molecular formula is C12H22N2O3. The molecule has 2 N–H and O–H groups in total. The molecule has 0 aliphatic carbocycles. The van der Waals surface area contributed by atoms with Crippen LogP contribution in [0.15, 0.2) is 0 Å². The highest BCUT2D eigenvalue weighted by molar-refractivity contribution is 5.73. The number of amides is 1. The number of likely N-dealkylation sites (tertiary alicyclic amines) is 1. The van der Waals surface area contributed by atoms with Gasteiger partial charge in [-0.05, 0) is 25.3 Å². The van der Waals surface area contributed by atoms with Crippen LogP contribution in [-0.2, 0) is 9.59 Å². The van der Waals surface area contributed by atoms with Gasteiger partial charge in [-0.3, -0.25) is 9.59 Å². The normalized spacial score (nSPS) is 24.7. The first-order valence-corrected chi connectivity index (χ1v) is 6.23. The number of nitrogens with one attached hydrogen (secondary N) is 1. The zero-order valence-corrected chi connectivity index (χ0v) is 10.6. The summed E-state index contributed by atoms with van der Waals surface area (Å²) in [6.07, 6.45) is 2.03. The molecule has 1 rings (SSSR count). The van der Waals surface area contributed by atoms with Crippen molar-refractivity contribution in [3.63, 3.8) is 0 Å². The van der Waals surface area contributed by atoms with E-state index in [0.29, 0.717) is 13.1 Å². The van der Waals surface area contributed by atoms with E-state index in [4.69, 9.17) is 5.11 Å². The highest BCUT2D eigenvalue weighted by Gasteiger charge is 2.29. The van der Waals surface area contributed by atoms with E-state index in [1.165, 1.54) is 0 Å². The third-order valence-corrected chi connectivity index (χ3v) is 3.13. The summed E-state index contributed by atoms with van der Waals surface area (Å²) in [7, 11) is 0. The van der Waals surface area contributed by atoms with Gasteiger partial charge in [0.15, 0.2) is 0 Å². The Kier molecular flexibility index (Phi) is 5.41. The quantitative estimate of drug-likeness (QED) is 0.744. The Morgan fingerprint density at radius 2 is 2.12 bits per heavy atom. The number of piperidine rings is 1. The van der Waals surface area contributed by atoms with Gasteiger partial charge in [-0.15, -0.1) is 0 Å². The first-order valence-electron chi connectivity index (χ1n) is 6.23. The van der Waals surface area contributed by atoms with Crippen molar-refractivity contribution in [1.82, 2.24) is 10.2 Å². The van der Waals surface area contributed by atoms with Gasteiger partial charge in [0.2, 0.25) is 5.91 Å². The minimum absolute atomic E-state index is 0.0309. The number of carbonyl (C=O) groups excluding carboxylic acids is 1. The Bertz CT molecular complexity index is 281. The predicted octanol–water partition coefficient (Wildman–Crippen LogP) is 0.698. The number of carboxylic acids is 1. The number of carboxylic acid groups (broad SMARTS) is 1. The van der Waals surface area contributed by atoms with E-state index in [9.17, 15) is 9.59 Å². The summed E-state index contributed by atoms with van der Waals surface area (Å²) in [5.74, 6) is -0.683. The van der Waals surface area contributed by atoms with Gasteiger partial charge in [0.1, 0.15) is 0 Å². The maximum atomic E-state index is 11.4.